The summed E-state index contributed by atoms with van der Waals surface area (Å²) in [5.41, 5.74) is 0. The Morgan fingerprint density at radius 2 is 1.48 bits per heavy atom. The van der Waals surface area contributed by atoms with E-state index in [0.29, 0.717) is 0 Å². The molecule has 0 fully saturated rings. The van der Waals surface area contributed by atoms with Crippen LogP contribution in [-0.2, 0) is 23.9 Å². The average Bonchev–Trinajstić information content (AvgIpc) is 2.74. The first-order valence-electron chi connectivity index (χ1n) is 9.60. The van der Waals surface area contributed by atoms with E-state index in [1.54, 1.807) is 0 Å². The Kier molecular flexibility index (Phi) is 10.2. The summed E-state index contributed by atoms with van der Waals surface area (Å²) in [6.07, 6.45) is -2.68. The lowest BCUT2D eigenvalue weighted by molar-refractivity contribution is -0.144. The van der Waals surface area contributed by atoms with Gasteiger partial charge in [0.2, 0.25) is 17.5 Å². The molecule has 2 unspecified atom stereocenters. The second-order valence-electron chi connectivity index (χ2n) is 7.24. The topological polar surface area (TPSA) is 111 Å². The molecule has 0 heterocycles. The lowest BCUT2D eigenvalue weighted by Crippen LogP contribution is -2.55. The number of halogens is 5. The fourth-order valence-corrected chi connectivity index (χ4v) is 2.48. The molecule has 0 aliphatic rings. The van der Waals surface area contributed by atoms with Crippen molar-refractivity contribution in [1.29, 1.82) is 0 Å². The molecule has 3 atom stereocenters. The van der Waals surface area contributed by atoms with Crippen LogP contribution < -0.4 is 15.4 Å². The largest absolute Gasteiger partial charge is 0.479 e. The van der Waals surface area contributed by atoms with E-state index in [1.165, 1.54) is 13.8 Å². The minimum absolute atomic E-state index is 0.0573. The van der Waals surface area contributed by atoms with Gasteiger partial charge in [0, 0.05) is 6.07 Å². The molecule has 8 nitrogen and oxygen atoms in total. The summed E-state index contributed by atoms with van der Waals surface area (Å²) in [7, 11) is 0.988. The normalized spacial score (nSPS) is 13.6. The fraction of sp³-hybridized carbons (Fsp3) is 0.500. The van der Waals surface area contributed by atoms with Gasteiger partial charge in [-0.3, -0.25) is 19.2 Å². The number of Topliss-reactive ketones (excluding diaryl/α,β-unsaturated/α-hetero) is 1. The van der Waals surface area contributed by atoms with Crippen molar-refractivity contribution in [2.24, 2.45) is 5.92 Å². The maximum absolute atomic E-state index is 13.7. The first kappa shape index (κ1) is 27.8. The molecular weight excluding hydrogens is 459 g/mol. The zero-order chi connectivity index (χ0) is 25.5. The predicted molar refractivity (Wildman–Crippen MR) is 103 cm³/mol. The molecule has 1 aromatic rings. The van der Waals surface area contributed by atoms with Gasteiger partial charge in [0.1, 0.15) is 18.7 Å². The highest BCUT2D eigenvalue weighted by Crippen LogP contribution is 2.26. The predicted octanol–water partition coefficient (Wildman–Crippen LogP) is 1.74. The minimum atomic E-state index is -1.93. The van der Waals surface area contributed by atoms with Gasteiger partial charge in [0.15, 0.2) is 29.3 Å². The van der Waals surface area contributed by atoms with Gasteiger partial charge < -0.3 is 20.1 Å². The third-order valence-corrected chi connectivity index (χ3v) is 4.34. The molecule has 0 aliphatic heterocycles. The van der Waals surface area contributed by atoms with Crippen molar-refractivity contribution in [3.05, 3.63) is 29.3 Å². The maximum Gasteiger partial charge on any atom is 0.308 e. The number of esters is 1. The summed E-state index contributed by atoms with van der Waals surface area (Å²) >= 11 is 0. The Morgan fingerprint density at radius 1 is 0.939 bits per heavy atom. The summed E-state index contributed by atoms with van der Waals surface area (Å²) in [4.78, 5) is 48.3. The molecule has 1 rings (SSSR count). The van der Waals surface area contributed by atoms with Gasteiger partial charge in [-0.2, -0.15) is 8.78 Å². The van der Waals surface area contributed by atoms with Gasteiger partial charge in [0.05, 0.1) is 13.5 Å². The summed E-state index contributed by atoms with van der Waals surface area (Å²) in [5, 5.41) is 4.30. The molecule has 0 aromatic heterocycles. The average molecular weight is 482 g/mol. The Hall–Kier alpha value is -3.25. The van der Waals surface area contributed by atoms with E-state index in [9.17, 15) is 41.1 Å². The number of carbonyl (C=O) groups is 4. The van der Waals surface area contributed by atoms with Crippen LogP contribution in [0, 0.1) is 29.2 Å². The number of rotatable bonds is 11. The van der Waals surface area contributed by atoms with Crippen LogP contribution in [0.4, 0.5) is 22.0 Å². The Bertz CT molecular complexity index is 883. The minimum Gasteiger partial charge on any atom is -0.479 e. The van der Waals surface area contributed by atoms with Crippen LogP contribution in [0.5, 0.6) is 5.75 Å². The molecule has 1 aromatic carbocycles. The van der Waals surface area contributed by atoms with Gasteiger partial charge in [-0.05, 0) is 12.8 Å². The molecule has 0 bridgehead atoms. The summed E-state index contributed by atoms with van der Waals surface area (Å²) in [6, 6.07) is -3.04. The quantitative estimate of drug-likeness (QED) is 0.283. The van der Waals surface area contributed by atoms with Crippen LogP contribution in [0.2, 0.25) is 0 Å². The molecule has 0 radical (unpaired) electrons. The molecule has 33 heavy (non-hydrogen) atoms. The van der Waals surface area contributed by atoms with Crippen molar-refractivity contribution in [1.82, 2.24) is 10.6 Å². The van der Waals surface area contributed by atoms with Crippen molar-refractivity contribution in [2.75, 3.05) is 13.7 Å². The molecule has 13 heteroatoms. The third-order valence-electron chi connectivity index (χ3n) is 4.34. The van der Waals surface area contributed by atoms with Crippen molar-refractivity contribution in [3.63, 3.8) is 0 Å². The smallest absolute Gasteiger partial charge is 0.308 e. The highest BCUT2D eigenvalue weighted by atomic mass is 19.2. The number of benzene rings is 1. The van der Waals surface area contributed by atoms with Gasteiger partial charge in [-0.15, -0.1) is 0 Å². The number of amides is 2. The Morgan fingerprint density at radius 3 is 1.94 bits per heavy atom. The van der Waals surface area contributed by atoms with Crippen LogP contribution in [-0.4, -0.2) is 55.5 Å². The molecule has 2 amide bonds. The van der Waals surface area contributed by atoms with Gasteiger partial charge in [-0.1, -0.05) is 13.8 Å². The molecule has 2 N–H and O–H groups in total. The molecular formula is C20H23F5N2O6. The Labute approximate surface area is 185 Å². The summed E-state index contributed by atoms with van der Waals surface area (Å²) < 4.78 is 76.2. The number of ether oxygens (including phenoxy) is 2. The number of nitrogens with one attached hydrogen (secondary N) is 2. The second-order valence-corrected chi connectivity index (χ2v) is 7.24. The molecule has 0 saturated heterocycles. The number of hydrogen-bond acceptors (Lipinski definition) is 6. The van der Waals surface area contributed by atoms with E-state index in [-0.39, 0.29) is 6.07 Å². The highest BCUT2D eigenvalue weighted by molar-refractivity contribution is 5.95. The SMILES string of the molecule is COC(=O)CC(NC(=O)C(NC(=O)[C@@H](C)F)C(C)C)C(=O)COc1c(F)c(F)cc(F)c1F. The van der Waals surface area contributed by atoms with Gasteiger partial charge in [-0.25, -0.2) is 13.2 Å². The Balaban J connectivity index is 3.05. The van der Waals surface area contributed by atoms with Crippen LogP contribution >= 0.6 is 0 Å². The fourth-order valence-electron chi connectivity index (χ4n) is 2.48. The maximum atomic E-state index is 13.7. The van der Waals surface area contributed by atoms with Crippen LogP contribution in [0.25, 0.3) is 0 Å². The zero-order valence-electron chi connectivity index (χ0n) is 18.1. The number of ketones is 1. The van der Waals surface area contributed by atoms with Crippen molar-refractivity contribution in [3.8, 4) is 5.75 Å². The van der Waals surface area contributed by atoms with E-state index in [0.717, 1.165) is 14.0 Å². The molecule has 0 saturated carbocycles. The van der Waals surface area contributed by atoms with E-state index >= 15 is 0 Å². The van der Waals surface area contributed by atoms with Gasteiger partial charge >= 0.3 is 5.97 Å². The van der Waals surface area contributed by atoms with E-state index < -0.39 is 89.8 Å². The number of carbonyl (C=O) groups excluding carboxylic acids is 4. The molecule has 0 aliphatic carbocycles. The molecule has 0 spiro atoms. The van der Waals surface area contributed by atoms with Crippen LogP contribution in [0.3, 0.4) is 0 Å². The van der Waals surface area contributed by atoms with Gasteiger partial charge in [0.25, 0.3) is 5.91 Å². The van der Waals surface area contributed by atoms with Crippen molar-refractivity contribution >= 4 is 23.6 Å². The highest BCUT2D eigenvalue weighted by Gasteiger charge is 2.32. The van der Waals surface area contributed by atoms with Crippen molar-refractivity contribution in [2.45, 2.75) is 45.4 Å². The summed E-state index contributed by atoms with van der Waals surface area (Å²) in [5.74, 6) is -13.6. The number of hydrogen-bond donors (Lipinski definition) is 2. The molecule has 184 valence electrons. The lowest BCUT2D eigenvalue weighted by atomic mass is 10.0. The van der Waals surface area contributed by atoms with Crippen LogP contribution in [0.1, 0.15) is 27.2 Å². The number of alkyl halides is 1. The lowest BCUT2D eigenvalue weighted by Gasteiger charge is -2.25. The van der Waals surface area contributed by atoms with E-state index in [1.807, 2.05) is 0 Å². The first-order valence-corrected chi connectivity index (χ1v) is 9.60. The van der Waals surface area contributed by atoms with E-state index in [4.69, 9.17) is 0 Å². The van der Waals surface area contributed by atoms with E-state index in [2.05, 4.69) is 20.1 Å². The second kappa shape index (κ2) is 12.1. The number of methoxy groups -OCH3 is 1. The third kappa shape index (κ3) is 7.68. The zero-order valence-corrected chi connectivity index (χ0v) is 18.1. The first-order chi connectivity index (χ1) is 15.3. The standard InChI is InChI=1S/C20H23F5N2O6/c1-8(2)17(27-19(30)9(3)21)20(31)26-12(6-14(29)32-4)13(28)7-33-18-15(24)10(22)5-11(23)16(18)25/h5,8-9,12,17H,6-7H2,1-4H3,(H,26,31)(H,27,30)/t9-,12?,17?/m1/s1. The van der Waals surface area contributed by atoms with Crippen molar-refractivity contribution < 1.29 is 50.6 Å². The summed E-state index contributed by atoms with van der Waals surface area (Å²) in [6.45, 7) is 2.77. The van der Waals surface area contributed by atoms with Crippen LogP contribution in [0.15, 0.2) is 6.07 Å². The monoisotopic (exact) mass is 482 g/mol.